The fourth-order valence-corrected chi connectivity index (χ4v) is 3.26. The molecule has 25 heavy (non-hydrogen) atoms. The van der Waals surface area contributed by atoms with E-state index in [-0.39, 0.29) is 11.5 Å². The Morgan fingerprint density at radius 1 is 1.24 bits per heavy atom. The smallest absolute Gasteiger partial charge is 0.240 e. The average molecular weight is 345 g/mol. The van der Waals surface area contributed by atoms with E-state index in [1.54, 1.807) is 14.2 Å². The van der Waals surface area contributed by atoms with Gasteiger partial charge in [0.1, 0.15) is 11.5 Å². The third-order valence-corrected chi connectivity index (χ3v) is 4.64. The van der Waals surface area contributed by atoms with E-state index in [1.165, 1.54) is 5.56 Å². The molecular weight excluding hydrogens is 318 g/mol. The second kappa shape index (κ2) is 7.04. The van der Waals surface area contributed by atoms with Crippen LogP contribution >= 0.6 is 0 Å². The Bertz CT molecular complexity index is 721. The van der Waals surface area contributed by atoms with Gasteiger partial charge in [0.15, 0.2) is 5.82 Å². The fraction of sp³-hybridized carbons (Fsp3) is 0.579. The number of aromatic nitrogens is 2. The molecule has 1 saturated heterocycles. The standard InChI is InChI=1S/C19H27N3O3/c1-19(2,3)18-20-17(25-21-18)12-22-10-6-7-15(22)14-9-8-13(23-4)11-16(14)24-5/h8-9,11,15H,6-7,10,12H2,1-5H3. The van der Waals surface area contributed by atoms with E-state index in [2.05, 4.69) is 41.9 Å². The number of ether oxygens (including phenoxy) is 2. The first-order valence-corrected chi connectivity index (χ1v) is 8.71. The van der Waals surface area contributed by atoms with Crippen molar-refractivity contribution in [1.82, 2.24) is 15.0 Å². The summed E-state index contributed by atoms with van der Waals surface area (Å²) in [5.74, 6) is 3.08. The Kier molecular flexibility index (Phi) is 4.99. The van der Waals surface area contributed by atoms with E-state index >= 15 is 0 Å². The van der Waals surface area contributed by atoms with Crippen LogP contribution in [-0.4, -0.2) is 35.8 Å². The minimum absolute atomic E-state index is 0.106. The van der Waals surface area contributed by atoms with Crippen molar-refractivity contribution in [2.45, 2.75) is 51.6 Å². The van der Waals surface area contributed by atoms with Crippen molar-refractivity contribution in [3.63, 3.8) is 0 Å². The Labute approximate surface area is 149 Å². The second-order valence-electron chi connectivity index (χ2n) is 7.50. The highest BCUT2D eigenvalue weighted by atomic mass is 16.5. The molecule has 2 heterocycles. The lowest BCUT2D eigenvalue weighted by Gasteiger charge is -2.25. The first kappa shape index (κ1) is 17.7. The van der Waals surface area contributed by atoms with Crippen LogP contribution in [0.3, 0.4) is 0 Å². The molecule has 0 N–H and O–H groups in total. The topological polar surface area (TPSA) is 60.6 Å². The highest BCUT2D eigenvalue weighted by Gasteiger charge is 2.30. The zero-order valence-electron chi connectivity index (χ0n) is 15.7. The van der Waals surface area contributed by atoms with Crippen LogP contribution in [0.1, 0.15) is 56.9 Å². The SMILES string of the molecule is COc1ccc(C2CCCN2Cc2nc(C(C)(C)C)no2)c(OC)c1. The van der Waals surface area contributed by atoms with Crippen LogP contribution in [0.4, 0.5) is 0 Å². The fourth-order valence-electron chi connectivity index (χ4n) is 3.26. The lowest BCUT2D eigenvalue weighted by atomic mass is 9.96. The summed E-state index contributed by atoms with van der Waals surface area (Å²) < 4.78 is 16.4. The molecule has 1 aromatic heterocycles. The molecule has 3 rings (SSSR count). The van der Waals surface area contributed by atoms with Gasteiger partial charge in [-0.2, -0.15) is 4.98 Å². The molecule has 1 aromatic carbocycles. The lowest BCUT2D eigenvalue weighted by molar-refractivity contribution is 0.208. The van der Waals surface area contributed by atoms with Crippen LogP contribution in [-0.2, 0) is 12.0 Å². The number of hydrogen-bond donors (Lipinski definition) is 0. The summed E-state index contributed by atoms with van der Waals surface area (Å²) in [6, 6.07) is 6.30. The second-order valence-corrected chi connectivity index (χ2v) is 7.50. The summed E-state index contributed by atoms with van der Waals surface area (Å²) in [4.78, 5) is 6.95. The van der Waals surface area contributed by atoms with Gasteiger partial charge in [0.2, 0.25) is 5.89 Å². The quantitative estimate of drug-likeness (QED) is 0.823. The van der Waals surface area contributed by atoms with E-state index in [0.29, 0.717) is 12.4 Å². The van der Waals surface area contributed by atoms with Crippen LogP contribution < -0.4 is 9.47 Å². The monoisotopic (exact) mass is 345 g/mol. The van der Waals surface area contributed by atoms with Crippen LogP contribution in [0, 0.1) is 0 Å². The number of likely N-dealkylation sites (tertiary alicyclic amines) is 1. The molecule has 6 heteroatoms. The summed E-state index contributed by atoms with van der Waals surface area (Å²) >= 11 is 0. The Morgan fingerprint density at radius 3 is 2.68 bits per heavy atom. The van der Waals surface area contributed by atoms with Crippen molar-refractivity contribution in [2.24, 2.45) is 0 Å². The van der Waals surface area contributed by atoms with E-state index < -0.39 is 0 Å². The van der Waals surface area contributed by atoms with Crippen molar-refractivity contribution in [1.29, 1.82) is 0 Å². The van der Waals surface area contributed by atoms with Gasteiger partial charge in [-0.25, -0.2) is 0 Å². The van der Waals surface area contributed by atoms with Gasteiger partial charge in [-0.15, -0.1) is 0 Å². The Balaban J connectivity index is 1.80. The molecule has 0 radical (unpaired) electrons. The van der Waals surface area contributed by atoms with E-state index in [1.807, 2.05) is 12.1 Å². The van der Waals surface area contributed by atoms with Gasteiger partial charge in [0.05, 0.1) is 20.8 Å². The average Bonchev–Trinajstić information content (AvgIpc) is 3.24. The van der Waals surface area contributed by atoms with Crippen molar-refractivity contribution in [3.8, 4) is 11.5 Å². The predicted octanol–water partition coefficient (Wildman–Crippen LogP) is 3.72. The molecule has 0 spiro atoms. The molecule has 0 amide bonds. The Hall–Kier alpha value is -2.08. The minimum Gasteiger partial charge on any atom is -0.497 e. The van der Waals surface area contributed by atoms with Gasteiger partial charge in [-0.05, 0) is 25.5 Å². The van der Waals surface area contributed by atoms with Gasteiger partial charge in [-0.1, -0.05) is 32.0 Å². The largest absolute Gasteiger partial charge is 0.497 e. The molecule has 2 aromatic rings. The maximum Gasteiger partial charge on any atom is 0.240 e. The van der Waals surface area contributed by atoms with Crippen molar-refractivity contribution in [3.05, 3.63) is 35.5 Å². The Morgan fingerprint density at radius 2 is 2.04 bits per heavy atom. The zero-order chi connectivity index (χ0) is 18.0. The summed E-state index contributed by atoms with van der Waals surface area (Å²) in [7, 11) is 3.36. The number of methoxy groups -OCH3 is 2. The van der Waals surface area contributed by atoms with Crippen LogP contribution in [0.25, 0.3) is 0 Å². The van der Waals surface area contributed by atoms with Crippen molar-refractivity contribution >= 4 is 0 Å². The third-order valence-electron chi connectivity index (χ3n) is 4.64. The van der Waals surface area contributed by atoms with E-state index in [0.717, 1.165) is 36.7 Å². The molecule has 1 aliphatic rings. The van der Waals surface area contributed by atoms with Crippen molar-refractivity contribution < 1.29 is 14.0 Å². The molecule has 1 aliphatic heterocycles. The van der Waals surface area contributed by atoms with Crippen LogP contribution in [0.15, 0.2) is 22.7 Å². The van der Waals surface area contributed by atoms with Gasteiger partial charge < -0.3 is 14.0 Å². The molecule has 0 aliphatic carbocycles. The minimum atomic E-state index is -0.106. The third kappa shape index (κ3) is 3.79. The van der Waals surface area contributed by atoms with Gasteiger partial charge >= 0.3 is 0 Å². The molecular formula is C19H27N3O3. The number of nitrogens with zero attached hydrogens (tertiary/aromatic N) is 3. The molecule has 136 valence electrons. The highest BCUT2D eigenvalue weighted by molar-refractivity contribution is 5.42. The van der Waals surface area contributed by atoms with E-state index in [4.69, 9.17) is 14.0 Å². The molecule has 1 unspecified atom stereocenters. The molecule has 6 nitrogen and oxygen atoms in total. The number of benzene rings is 1. The number of hydrogen-bond acceptors (Lipinski definition) is 6. The molecule has 1 atom stereocenters. The van der Waals surface area contributed by atoms with Gasteiger partial charge in [0, 0.05) is 23.1 Å². The molecule has 0 bridgehead atoms. The summed E-state index contributed by atoms with van der Waals surface area (Å²) in [5, 5.41) is 4.13. The maximum atomic E-state index is 5.59. The summed E-state index contributed by atoms with van der Waals surface area (Å²) in [6.07, 6.45) is 2.23. The molecule has 0 saturated carbocycles. The van der Waals surface area contributed by atoms with Crippen LogP contribution in [0.2, 0.25) is 0 Å². The van der Waals surface area contributed by atoms with Crippen LogP contribution in [0.5, 0.6) is 11.5 Å². The van der Waals surface area contributed by atoms with Gasteiger partial charge in [-0.3, -0.25) is 4.90 Å². The first-order valence-electron chi connectivity index (χ1n) is 8.71. The summed E-state index contributed by atoms with van der Waals surface area (Å²) in [5.41, 5.74) is 1.07. The van der Waals surface area contributed by atoms with Gasteiger partial charge in [0.25, 0.3) is 0 Å². The highest BCUT2D eigenvalue weighted by Crippen LogP contribution is 2.39. The maximum absolute atomic E-state index is 5.59. The lowest BCUT2D eigenvalue weighted by Crippen LogP contribution is -2.23. The molecule has 1 fully saturated rings. The zero-order valence-corrected chi connectivity index (χ0v) is 15.7. The predicted molar refractivity (Wildman–Crippen MR) is 94.9 cm³/mol. The number of rotatable bonds is 5. The normalized spacial score (nSPS) is 18.5. The summed E-state index contributed by atoms with van der Waals surface area (Å²) in [6.45, 7) is 7.92. The first-order chi connectivity index (χ1) is 11.9. The van der Waals surface area contributed by atoms with E-state index in [9.17, 15) is 0 Å². The van der Waals surface area contributed by atoms with Crippen molar-refractivity contribution in [2.75, 3.05) is 20.8 Å².